The number of rotatable bonds is 6. The zero-order valence-corrected chi connectivity index (χ0v) is 22.2. The highest BCUT2D eigenvalue weighted by Crippen LogP contribution is 2.63. The molecule has 3 aromatic rings. The lowest BCUT2D eigenvalue weighted by Crippen LogP contribution is -2.51. The van der Waals surface area contributed by atoms with Crippen LogP contribution in [0.3, 0.4) is 0 Å². The number of hydrogen-bond donors (Lipinski definition) is 1. The minimum atomic E-state index is -1.15. The predicted octanol–water partition coefficient (Wildman–Crippen LogP) is 4.56. The van der Waals surface area contributed by atoms with Gasteiger partial charge in [0.25, 0.3) is 11.8 Å². The Bertz CT molecular complexity index is 1610. The number of amides is 2. The largest absolute Gasteiger partial charge is 0.483 e. The molecule has 0 radical (unpaired) electrons. The van der Waals surface area contributed by atoms with Gasteiger partial charge in [0, 0.05) is 43.0 Å². The van der Waals surface area contributed by atoms with E-state index in [9.17, 15) is 27.6 Å². The first kappa shape index (κ1) is 25.9. The molecule has 3 atom stereocenters. The molecule has 1 spiro atoms. The van der Waals surface area contributed by atoms with Gasteiger partial charge in [-0.15, -0.1) is 0 Å². The van der Waals surface area contributed by atoms with Gasteiger partial charge < -0.3 is 19.5 Å². The highest BCUT2D eigenvalue weighted by atomic mass is 19.1. The van der Waals surface area contributed by atoms with Gasteiger partial charge in [-0.1, -0.05) is 30.3 Å². The molecule has 7 nitrogen and oxygen atoms in total. The Balaban J connectivity index is 1.25. The van der Waals surface area contributed by atoms with Crippen molar-refractivity contribution in [2.45, 2.75) is 63.9 Å². The maximum absolute atomic E-state index is 14.2. The first-order valence-electron chi connectivity index (χ1n) is 13.9. The minimum absolute atomic E-state index is 0.00680. The fourth-order valence-corrected chi connectivity index (χ4v) is 7.14. The van der Waals surface area contributed by atoms with Gasteiger partial charge in [-0.05, 0) is 49.0 Å². The van der Waals surface area contributed by atoms with E-state index < -0.39 is 40.9 Å². The van der Waals surface area contributed by atoms with Gasteiger partial charge in [-0.2, -0.15) is 0 Å². The molecule has 10 heteroatoms. The molecule has 2 aliphatic heterocycles. The zero-order valence-electron chi connectivity index (χ0n) is 22.2. The molecule has 212 valence electrons. The molecular formula is C31H28F3N3O4. The summed E-state index contributed by atoms with van der Waals surface area (Å²) < 4.78 is 49.3. The third-order valence-corrected chi connectivity index (χ3v) is 9.44. The maximum atomic E-state index is 14.2. The van der Waals surface area contributed by atoms with E-state index in [-0.39, 0.29) is 47.0 Å². The summed E-state index contributed by atoms with van der Waals surface area (Å²) >= 11 is 0. The van der Waals surface area contributed by atoms with Crippen molar-refractivity contribution in [3.63, 3.8) is 0 Å². The second-order valence-electron chi connectivity index (χ2n) is 11.7. The Labute approximate surface area is 233 Å². The molecular weight excluding hydrogens is 535 g/mol. The quantitative estimate of drug-likeness (QED) is 0.477. The van der Waals surface area contributed by atoms with Crippen LogP contribution in [-0.2, 0) is 19.7 Å². The molecule has 2 aliphatic carbocycles. The van der Waals surface area contributed by atoms with Crippen LogP contribution >= 0.6 is 0 Å². The van der Waals surface area contributed by atoms with Crippen molar-refractivity contribution in [2.75, 3.05) is 0 Å². The monoisotopic (exact) mass is 563 g/mol. The number of carbonyl (C=O) groups excluding carboxylic acids is 2. The smallest absolute Gasteiger partial charge is 0.275 e. The average Bonchev–Trinajstić information content (AvgIpc) is 3.65. The van der Waals surface area contributed by atoms with E-state index in [4.69, 9.17) is 4.74 Å². The van der Waals surface area contributed by atoms with Crippen LogP contribution in [0.1, 0.15) is 64.1 Å². The van der Waals surface area contributed by atoms with Crippen molar-refractivity contribution in [3.05, 3.63) is 98.7 Å². The molecule has 2 unspecified atom stereocenters. The molecule has 2 saturated carbocycles. The standard InChI is InChI=1S/C31H28F3N3O4/c32-19-11-22(33)20(23(34)12-19)13-35-29(39)21-14-36-15-24-18-6-7-31(8-9-31)25(10-18)37(24)30(40)26(36)28(27(21)38)41-16-17-4-2-1-3-5-17/h1-5,11-12,14,18,24-25H,6-10,13,15-16H2,(H,35,39)/t18?,24-,25?/m0/s1. The molecule has 2 bridgehead atoms. The Morgan fingerprint density at radius 3 is 2.49 bits per heavy atom. The van der Waals surface area contributed by atoms with Gasteiger partial charge >= 0.3 is 0 Å². The highest BCUT2D eigenvalue weighted by molar-refractivity contribution is 5.99. The molecule has 1 saturated heterocycles. The molecule has 1 N–H and O–H groups in total. The highest BCUT2D eigenvalue weighted by Gasteiger charge is 2.62. The van der Waals surface area contributed by atoms with E-state index >= 15 is 0 Å². The summed E-state index contributed by atoms with van der Waals surface area (Å²) in [6.45, 7) is -0.173. The van der Waals surface area contributed by atoms with Crippen molar-refractivity contribution < 1.29 is 27.5 Å². The third kappa shape index (κ3) is 4.22. The lowest BCUT2D eigenvalue weighted by molar-refractivity contribution is 0.0501. The lowest BCUT2D eigenvalue weighted by atomic mass is 9.78. The fraction of sp³-hybridized carbons (Fsp3) is 0.387. The summed E-state index contributed by atoms with van der Waals surface area (Å²) in [5, 5.41) is 2.37. The van der Waals surface area contributed by atoms with Crippen molar-refractivity contribution in [1.29, 1.82) is 0 Å². The van der Waals surface area contributed by atoms with E-state index in [2.05, 4.69) is 5.32 Å². The Morgan fingerprint density at radius 2 is 1.78 bits per heavy atom. The van der Waals surface area contributed by atoms with Gasteiger partial charge in [-0.25, -0.2) is 13.2 Å². The third-order valence-electron chi connectivity index (χ3n) is 9.44. The molecule has 2 amide bonds. The number of fused-ring (bicyclic) bond motifs is 7. The number of halogens is 3. The Hall–Kier alpha value is -4.08. The summed E-state index contributed by atoms with van der Waals surface area (Å²) in [5.74, 6) is -4.38. The molecule has 4 aliphatic rings. The van der Waals surface area contributed by atoms with Crippen molar-refractivity contribution in [1.82, 2.24) is 14.8 Å². The van der Waals surface area contributed by atoms with Crippen LogP contribution in [0.4, 0.5) is 13.2 Å². The number of nitrogens with one attached hydrogen (secondary N) is 1. The molecule has 41 heavy (non-hydrogen) atoms. The number of hydrogen-bond acceptors (Lipinski definition) is 4. The first-order valence-corrected chi connectivity index (χ1v) is 13.9. The van der Waals surface area contributed by atoms with E-state index in [0.717, 1.165) is 37.7 Å². The molecule has 2 aromatic carbocycles. The van der Waals surface area contributed by atoms with Crippen LogP contribution in [0.2, 0.25) is 0 Å². The maximum Gasteiger partial charge on any atom is 0.275 e. The molecule has 3 fully saturated rings. The van der Waals surface area contributed by atoms with E-state index in [1.165, 1.54) is 6.20 Å². The second kappa shape index (κ2) is 9.49. The van der Waals surface area contributed by atoms with Crippen LogP contribution in [0.25, 0.3) is 0 Å². The lowest BCUT2D eigenvalue weighted by Gasteiger charge is -2.39. The number of carbonyl (C=O) groups is 2. The summed E-state index contributed by atoms with van der Waals surface area (Å²) in [4.78, 5) is 43.1. The van der Waals surface area contributed by atoms with Crippen LogP contribution < -0.4 is 15.5 Å². The number of benzene rings is 2. The average molecular weight is 564 g/mol. The Morgan fingerprint density at radius 1 is 1.05 bits per heavy atom. The number of aromatic nitrogens is 1. The summed E-state index contributed by atoms with van der Waals surface area (Å²) in [6, 6.07) is 10.3. The van der Waals surface area contributed by atoms with E-state index in [1.54, 1.807) is 4.57 Å². The van der Waals surface area contributed by atoms with Gasteiger partial charge in [0.15, 0.2) is 11.4 Å². The summed E-state index contributed by atoms with van der Waals surface area (Å²) in [7, 11) is 0. The van der Waals surface area contributed by atoms with E-state index in [1.807, 2.05) is 35.2 Å². The zero-order chi connectivity index (χ0) is 28.5. The topological polar surface area (TPSA) is 80.6 Å². The van der Waals surface area contributed by atoms with Crippen LogP contribution in [0.15, 0.2) is 53.5 Å². The number of pyridine rings is 1. The predicted molar refractivity (Wildman–Crippen MR) is 142 cm³/mol. The van der Waals surface area contributed by atoms with Crippen LogP contribution in [-0.4, -0.2) is 33.4 Å². The minimum Gasteiger partial charge on any atom is -0.483 e. The SMILES string of the molecule is O=C(NCc1c(F)cc(F)cc1F)c1cn2c(c(OCc3ccccc3)c1=O)C(=O)N1C3CC(CCC34CC4)[C@@H]1C2. The van der Waals surface area contributed by atoms with Crippen molar-refractivity contribution >= 4 is 11.8 Å². The first-order chi connectivity index (χ1) is 19.8. The molecule has 1 aromatic heterocycles. The van der Waals surface area contributed by atoms with E-state index in [0.29, 0.717) is 24.6 Å². The van der Waals surface area contributed by atoms with Crippen molar-refractivity contribution in [3.8, 4) is 5.75 Å². The number of ether oxygens (including phenoxy) is 1. The van der Waals surface area contributed by atoms with Crippen molar-refractivity contribution in [2.24, 2.45) is 11.3 Å². The number of nitrogens with zero attached hydrogens (tertiary/aromatic N) is 2. The Kier molecular flexibility index (Phi) is 5.99. The summed E-state index contributed by atoms with van der Waals surface area (Å²) in [6.07, 6.45) is 6.65. The van der Waals surface area contributed by atoms with Gasteiger partial charge in [0.1, 0.15) is 29.6 Å². The second-order valence-corrected chi connectivity index (χ2v) is 11.7. The fourth-order valence-electron chi connectivity index (χ4n) is 7.14. The van der Waals surface area contributed by atoms with Gasteiger partial charge in [0.2, 0.25) is 5.43 Å². The molecule has 3 heterocycles. The normalized spacial score (nSPS) is 23.2. The molecule has 7 rings (SSSR count). The van der Waals surface area contributed by atoms with Crippen LogP contribution in [0, 0.1) is 28.8 Å². The summed E-state index contributed by atoms with van der Waals surface area (Å²) in [5.41, 5.74) is -0.536. The van der Waals surface area contributed by atoms with Gasteiger partial charge in [-0.3, -0.25) is 14.4 Å². The van der Waals surface area contributed by atoms with Crippen LogP contribution in [0.5, 0.6) is 5.75 Å². The van der Waals surface area contributed by atoms with Gasteiger partial charge in [0.05, 0.1) is 6.04 Å².